The van der Waals surface area contributed by atoms with E-state index in [0.717, 1.165) is 0 Å². The van der Waals surface area contributed by atoms with Crippen LogP contribution in [0.3, 0.4) is 0 Å². The standard InChI is InChI=1S/C12H21NO/c1-9(2)12(14)13-10(3)11-7-5-4-6-8-11/h10-11H,1,4-8H2,2-3H3,(H,13,14)/t10-/m1/s1. The van der Waals surface area contributed by atoms with Gasteiger partial charge in [-0.15, -0.1) is 0 Å². The molecule has 1 fully saturated rings. The van der Waals surface area contributed by atoms with E-state index in [2.05, 4.69) is 18.8 Å². The number of hydrogen-bond acceptors (Lipinski definition) is 1. The molecule has 80 valence electrons. The molecule has 0 aromatic heterocycles. The molecule has 0 aromatic carbocycles. The molecule has 2 nitrogen and oxygen atoms in total. The number of amides is 1. The average Bonchev–Trinajstić information content (AvgIpc) is 2.19. The van der Waals surface area contributed by atoms with Crippen LogP contribution >= 0.6 is 0 Å². The van der Waals surface area contributed by atoms with Crippen LogP contribution in [-0.2, 0) is 4.79 Å². The molecule has 1 rings (SSSR count). The van der Waals surface area contributed by atoms with E-state index in [0.29, 0.717) is 17.5 Å². The summed E-state index contributed by atoms with van der Waals surface area (Å²) in [6.07, 6.45) is 6.52. The Kier molecular flexibility index (Phi) is 4.18. The quantitative estimate of drug-likeness (QED) is 0.689. The molecule has 1 atom stereocenters. The van der Waals surface area contributed by atoms with Crippen molar-refractivity contribution in [3.8, 4) is 0 Å². The molecule has 0 aromatic rings. The second-order valence-corrected chi connectivity index (χ2v) is 4.44. The van der Waals surface area contributed by atoms with E-state index in [-0.39, 0.29) is 5.91 Å². The summed E-state index contributed by atoms with van der Waals surface area (Å²) in [5, 5.41) is 3.01. The van der Waals surface area contributed by atoms with Crippen LogP contribution in [0, 0.1) is 5.92 Å². The monoisotopic (exact) mass is 195 g/mol. The van der Waals surface area contributed by atoms with Gasteiger partial charge in [0.2, 0.25) is 5.91 Å². The first-order valence-corrected chi connectivity index (χ1v) is 5.57. The van der Waals surface area contributed by atoms with E-state index >= 15 is 0 Å². The highest BCUT2D eigenvalue weighted by Crippen LogP contribution is 2.26. The molecule has 1 N–H and O–H groups in total. The number of nitrogens with one attached hydrogen (secondary N) is 1. The van der Waals surface area contributed by atoms with E-state index in [4.69, 9.17) is 0 Å². The first kappa shape index (κ1) is 11.3. The lowest BCUT2D eigenvalue weighted by atomic mass is 9.84. The zero-order valence-corrected chi connectivity index (χ0v) is 9.31. The maximum Gasteiger partial charge on any atom is 0.246 e. The Hall–Kier alpha value is -0.790. The summed E-state index contributed by atoms with van der Waals surface area (Å²) in [6, 6.07) is 0.305. The zero-order chi connectivity index (χ0) is 10.6. The van der Waals surface area contributed by atoms with Gasteiger partial charge in [0.1, 0.15) is 0 Å². The van der Waals surface area contributed by atoms with E-state index in [1.54, 1.807) is 6.92 Å². The fourth-order valence-electron chi connectivity index (χ4n) is 2.08. The molecule has 0 bridgehead atoms. The lowest BCUT2D eigenvalue weighted by Gasteiger charge is -2.28. The molecule has 0 heterocycles. The zero-order valence-electron chi connectivity index (χ0n) is 9.31. The van der Waals surface area contributed by atoms with Gasteiger partial charge in [-0.3, -0.25) is 4.79 Å². The van der Waals surface area contributed by atoms with Crippen molar-refractivity contribution in [1.29, 1.82) is 0 Å². The number of carbonyl (C=O) groups is 1. The molecule has 1 amide bonds. The fourth-order valence-corrected chi connectivity index (χ4v) is 2.08. The van der Waals surface area contributed by atoms with Gasteiger partial charge in [0, 0.05) is 11.6 Å². The number of carbonyl (C=O) groups excluding carboxylic acids is 1. The van der Waals surface area contributed by atoms with Crippen molar-refractivity contribution >= 4 is 5.91 Å². The van der Waals surface area contributed by atoms with Gasteiger partial charge in [-0.25, -0.2) is 0 Å². The largest absolute Gasteiger partial charge is 0.350 e. The normalized spacial score (nSPS) is 20.1. The Labute approximate surface area is 86.8 Å². The van der Waals surface area contributed by atoms with Crippen LogP contribution in [-0.4, -0.2) is 11.9 Å². The van der Waals surface area contributed by atoms with E-state index in [9.17, 15) is 4.79 Å². The third kappa shape index (κ3) is 3.17. The molecule has 0 aliphatic heterocycles. The van der Waals surface area contributed by atoms with Gasteiger partial charge in [-0.2, -0.15) is 0 Å². The maximum atomic E-state index is 11.4. The summed E-state index contributed by atoms with van der Waals surface area (Å²) in [7, 11) is 0. The minimum Gasteiger partial charge on any atom is -0.350 e. The lowest BCUT2D eigenvalue weighted by Crippen LogP contribution is -2.39. The Balaban J connectivity index is 2.36. The van der Waals surface area contributed by atoms with E-state index < -0.39 is 0 Å². The summed E-state index contributed by atoms with van der Waals surface area (Å²) >= 11 is 0. The van der Waals surface area contributed by atoms with Gasteiger partial charge in [0.25, 0.3) is 0 Å². The van der Waals surface area contributed by atoms with Crippen LogP contribution in [0.25, 0.3) is 0 Å². The summed E-state index contributed by atoms with van der Waals surface area (Å²) in [5.41, 5.74) is 0.604. The first-order valence-electron chi connectivity index (χ1n) is 5.57. The van der Waals surface area contributed by atoms with Crippen LogP contribution in [0.2, 0.25) is 0 Å². The summed E-state index contributed by atoms with van der Waals surface area (Å²) in [6.45, 7) is 7.50. The minimum atomic E-state index is 0.00285. The summed E-state index contributed by atoms with van der Waals surface area (Å²) in [4.78, 5) is 11.4. The third-order valence-electron chi connectivity index (χ3n) is 3.10. The molecule has 1 aliphatic carbocycles. The maximum absolute atomic E-state index is 11.4. The SMILES string of the molecule is C=C(C)C(=O)N[C@H](C)C1CCCCC1. The Morgan fingerprint density at radius 2 is 1.93 bits per heavy atom. The predicted molar refractivity (Wildman–Crippen MR) is 59.0 cm³/mol. The van der Waals surface area contributed by atoms with Crippen LogP contribution in [0.4, 0.5) is 0 Å². The Bertz CT molecular complexity index is 216. The van der Waals surface area contributed by atoms with Crippen LogP contribution in [0.1, 0.15) is 46.0 Å². The Morgan fingerprint density at radius 3 is 2.43 bits per heavy atom. The number of hydrogen-bond donors (Lipinski definition) is 1. The lowest BCUT2D eigenvalue weighted by molar-refractivity contribution is -0.118. The highest BCUT2D eigenvalue weighted by molar-refractivity contribution is 5.92. The van der Waals surface area contributed by atoms with Gasteiger partial charge in [-0.1, -0.05) is 25.8 Å². The molecular weight excluding hydrogens is 174 g/mol. The second-order valence-electron chi connectivity index (χ2n) is 4.44. The molecule has 14 heavy (non-hydrogen) atoms. The van der Waals surface area contributed by atoms with E-state index in [1.807, 2.05) is 0 Å². The van der Waals surface area contributed by atoms with Crippen LogP contribution < -0.4 is 5.32 Å². The van der Waals surface area contributed by atoms with Crippen molar-refractivity contribution in [3.63, 3.8) is 0 Å². The van der Waals surface area contributed by atoms with Crippen molar-refractivity contribution < 1.29 is 4.79 Å². The van der Waals surface area contributed by atoms with Gasteiger partial charge >= 0.3 is 0 Å². The summed E-state index contributed by atoms with van der Waals surface area (Å²) < 4.78 is 0. The number of rotatable bonds is 3. The van der Waals surface area contributed by atoms with Crippen molar-refractivity contribution in [2.75, 3.05) is 0 Å². The van der Waals surface area contributed by atoms with Gasteiger partial charge < -0.3 is 5.32 Å². The predicted octanol–water partition coefficient (Wildman–Crippen LogP) is 2.65. The van der Waals surface area contributed by atoms with Crippen molar-refractivity contribution in [3.05, 3.63) is 12.2 Å². The highest BCUT2D eigenvalue weighted by atomic mass is 16.1. The van der Waals surface area contributed by atoms with Gasteiger partial charge in [-0.05, 0) is 32.6 Å². The van der Waals surface area contributed by atoms with Crippen LogP contribution in [0.15, 0.2) is 12.2 Å². The first-order chi connectivity index (χ1) is 6.61. The third-order valence-corrected chi connectivity index (χ3v) is 3.10. The molecule has 0 spiro atoms. The van der Waals surface area contributed by atoms with Crippen molar-refractivity contribution in [2.24, 2.45) is 5.92 Å². The summed E-state index contributed by atoms with van der Waals surface area (Å²) in [5.74, 6) is 0.676. The topological polar surface area (TPSA) is 29.1 Å². The average molecular weight is 195 g/mol. The molecule has 1 saturated carbocycles. The van der Waals surface area contributed by atoms with Crippen molar-refractivity contribution in [1.82, 2.24) is 5.32 Å². The molecule has 0 unspecified atom stereocenters. The highest BCUT2D eigenvalue weighted by Gasteiger charge is 2.21. The molecule has 1 aliphatic rings. The second kappa shape index (κ2) is 5.18. The van der Waals surface area contributed by atoms with Crippen molar-refractivity contribution in [2.45, 2.75) is 52.0 Å². The fraction of sp³-hybridized carbons (Fsp3) is 0.750. The van der Waals surface area contributed by atoms with Gasteiger partial charge in [0.05, 0.1) is 0 Å². The molecule has 2 heteroatoms. The molecular formula is C12H21NO. The molecule has 0 saturated heterocycles. The van der Waals surface area contributed by atoms with Gasteiger partial charge in [0.15, 0.2) is 0 Å². The minimum absolute atomic E-state index is 0.00285. The molecule has 0 radical (unpaired) electrons. The van der Waals surface area contributed by atoms with E-state index in [1.165, 1.54) is 32.1 Å². The van der Waals surface area contributed by atoms with Crippen LogP contribution in [0.5, 0.6) is 0 Å². The smallest absolute Gasteiger partial charge is 0.246 e. The Morgan fingerprint density at radius 1 is 1.36 bits per heavy atom.